The summed E-state index contributed by atoms with van der Waals surface area (Å²) in [4.78, 5) is 28.1. The first kappa shape index (κ1) is 16.9. The van der Waals surface area contributed by atoms with Gasteiger partial charge in [0.05, 0.1) is 37.2 Å². The molecule has 0 bridgehead atoms. The third-order valence-corrected chi connectivity index (χ3v) is 5.19. The number of hydrogen-bond donors (Lipinski definition) is 2. The van der Waals surface area contributed by atoms with Crippen LogP contribution in [0.25, 0.3) is 0 Å². The van der Waals surface area contributed by atoms with Crippen LogP contribution in [-0.4, -0.2) is 77.7 Å². The predicted molar refractivity (Wildman–Crippen MR) is 87.5 cm³/mol. The fraction of sp³-hybridized carbons (Fsp3) is 0.688. The molecule has 0 unspecified atom stereocenters. The monoisotopic (exact) mass is 335 g/mol. The highest BCUT2D eigenvalue weighted by molar-refractivity contribution is 5.94. The molecule has 2 aliphatic rings. The Balaban J connectivity index is 1.59. The number of nitrogens with zero attached hydrogens (tertiary/aromatic N) is 3. The molecule has 2 saturated heterocycles. The van der Waals surface area contributed by atoms with E-state index in [1.165, 1.54) is 6.20 Å². The molecule has 24 heavy (non-hydrogen) atoms. The van der Waals surface area contributed by atoms with Crippen molar-refractivity contribution in [3.05, 3.63) is 17.5 Å². The summed E-state index contributed by atoms with van der Waals surface area (Å²) in [5.74, 6) is -0.301. The molecule has 8 nitrogen and oxygen atoms in total. The molecule has 1 aromatic heterocycles. The largest absolute Gasteiger partial charge is 0.379 e. The molecule has 0 aromatic carbocycles. The van der Waals surface area contributed by atoms with E-state index in [0.29, 0.717) is 38.4 Å². The van der Waals surface area contributed by atoms with Gasteiger partial charge in [-0.1, -0.05) is 6.92 Å². The number of ether oxygens (including phenoxy) is 1. The van der Waals surface area contributed by atoms with Gasteiger partial charge in [0, 0.05) is 31.6 Å². The molecule has 1 aromatic rings. The highest BCUT2D eigenvalue weighted by Gasteiger charge is 2.37. The van der Waals surface area contributed by atoms with Gasteiger partial charge in [-0.05, 0) is 12.8 Å². The molecule has 3 N–H and O–H groups in total. The Morgan fingerprint density at radius 3 is 2.58 bits per heavy atom. The van der Waals surface area contributed by atoms with Gasteiger partial charge >= 0.3 is 0 Å². The number of carbonyl (C=O) groups is 2. The maximum Gasteiger partial charge on any atom is 0.252 e. The number of morpholine rings is 1. The molecular weight excluding hydrogens is 310 g/mol. The number of rotatable bonds is 4. The first-order chi connectivity index (χ1) is 11.5. The van der Waals surface area contributed by atoms with Gasteiger partial charge in [0.25, 0.3) is 5.91 Å². The second-order valence-electron chi connectivity index (χ2n) is 6.85. The number of amides is 2. The Morgan fingerprint density at radius 2 is 1.96 bits per heavy atom. The normalized spacial score (nSPS) is 21.6. The summed E-state index contributed by atoms with van der Waals surface area (Å²) >= 11 is 0. The number of likely N-dealkylation sites (tertiary alicyclic amines) is 1. The lowest BCUT2D eigenvalue weighted by atomic mass is 9.76. The molecule has 132 valence electrons. The number of nitrogens with one attached hydrogen (secondary N) is 1. The van der Waals surface area contributed by atoms with Crippen molar-refractivity contribution < 1.29 is 14.3 Å². The van der Waals surface area contributed by atoms with Crippen molar-refractivity contribution in [2.75, 3.05) is 45.9 Å². The molecule has 2 fully saturated rings. The minimum absolute atomic E-state index is 0.165. The summed E-state index contributed by atoms with van der Waals surface area (Å²) in [6, 6.07) is 0. The molecule has 2 amide bonds. The Morgan fingerprint density at radius 1 is 1.29 bits per heavy atom. The second-order valence-corrected chi connectivity index (χ2v) is 6.85. The Hall–Kier alpha value is -1.93. The van der Waals surface area contributed by atoms with E-state index >= 15 is 0 Å². The van der Waals surface area contributed by atoms with Crippen LogP contribution in [0.1, 0.15) is 35.8 Å². The third kappa shape index (κ3) is 3.44. The Kier molecular flexibility index (Phi) is 4.86. The smallest absolute Gasteiger partial charge is 0.252 e. The number of primary amides is 1. The van der Waals surface area contributed by atoms with Gasteiger partial charge in [-0.3, -0.25) is 19.6 Å². The lowest BCUT2D eigenvalue weighted by Gasteiger charge is -2.40. The summed E-state index contributed by atoms with van der Waals surface area (Å²) in [5.41, 5.74) is 6.45. The highest BCUT2D eigenvalue weighted by atomic mass is 16.5. The van der Waals surface area contributed by atoms with E-state index in [4.69, 9.17) is 10.5 Å². The van der Waals surface area contributed by atoms with Crippen molar-refractivity contribution in [2.45, 2.75) is 25.2 Å². The van der Waals surface area contributed by atoms with Crippen molar-refractivity contribution in [1.82, 2.24) is 20.0 Å². The summed E-state index contributed by atoms with van der Waals surface area (Å²) in [7, 11) is 0. The zero-order chi connectivity index (χ0) is 17.2. The van der Waals surface area contributed by atoms with Crippen molar-refractivity contribution in [1.29, 1.82) is 0 Å². The first-order valence-electron chi connectivity index (χ1n) is 8.41. The summed E-state index contributed by atoms with van der Waals surface area (Å²) in [5, 5.41) is 6.90. The zero-order valence-corrected chi connectivity index (χ0v) is 14.1. The fourth-order valence-electron chi connectivity index (χ4n) is 3.48. The van der Waals surface area contributed by atoms with Crippen LogP contribution in [0.15, 0.2) is 6.20 Å². The van der Waals surface area contributed by atoms with E-state index in [1.54, 1.807) is 0 Å². The van der Waals surface area contributed by atoms with Crippen LogP contribution in [0.5, 0.6) is 0 Å². The van der Waals surface area contributed by atoms with Crippen LogP contribution in [-0.2, 0) is 14.9 Å². The van der Waals surface area contributed by atoms with Crippen LogP contribution in [0.2, 0.25) is 0 Å². The minimum atomic E-state index is -0.467. The van der Waals surface area contributed by atoms with Crippen molar-refractivity contribution in [3.8, 4) is 0 Å². The Bertz CT molecular complexity index is 601. The van der Waals surface area contributed by atoms with Gasteiger partial charge in [0.15, 0.2) is 0 Å². The molecule has 2 aliphatic heterocycles. The lowest BCUT2D eigenvalue weighted by Crippen LogP contribution is -2.49. The van der Waals surface area contributed by atoms with E-state index in [0.717, 1.165) is 31.6 Å². The van der Waals surface area contributed by atoms with Crippen molar-refractivity contribution in [2.24, 2.45) is 5.73 Å². The van der Waals surface area contributed by atoms with Gasteiger partial charge in [-0.25, -0.2) is 0 Å². The quantitative estimate of drug-likeness (QED) is 0.787. The molecule has 0 aliphatic carbocycles. The van der Waals surface area contributed by atoms with E-state index in [-0.39, 0.29) is 11.3 Å². The molecule has 0 spiro atoms. The average Bonchev–Trinajstić information content (AvgIpc) is 3.07. The number of aromatic nitrogens is 2. The van der Waals surface area contributed by atoms with Gasteiger partial charge in [-0.15, -0.1) is 0 Å². The van der Waals surface area contributed by atoms with E-state index < -0.39 is 5.91 Å². The van der Waals surface area contributed by atoms with Crippen LogP contribution < -0.4 is 5.73 Å². The van der Waals surface area contributed by atoms with E-state index in [2.05, 4.69) is 22.0 Å². The molecule has 0 radical (unpaired) electrons. The molecule has 0 saturated carbocycles. The van der Waals surface area contributed by atoms with E-state index in [1.807, 2.05) is 4.90 Å². The zero-order valence-electron chi connectivity index (χ0n) is 14.1. The summed E-state index contributed by atoms with van der Waals surface area (Å²) in [6.07, 6.45) is 3.05. The molecule has 3 rings (SSSR count). The second kappa shape index (κ2) is 6.90. The topological polar surface area (TPSA) is 105 Å². The molecule has 8 heteroatoms. The minimum Gasteiger partial charge on any atom is -0.379 e. The average molecular weight is 335 g/mol. The van der Waals surface area contributed by atoms with Crippen LogP contribution in [0.4, 0.5) is 0 Å². The van der Waals surface area contributed by atoms with Gasteiger partial charge < -0.3 is 15.4 Å². The lowest BCUT2D eigenvalue weighted by molar-refractivity contribution is -0.135. The van der Waals surface area contributed by atoms with Crippen molar-refractivity contribution in [3.63, 3.8) is 0 Å². The fourth-order valence-corrected chi connectivity index (χ4v) is 3.48. The number of H-pyrrole nitrogens is 1. The van der Waals surface area contributed by atoms with Crippen LogP contribution in [0.3, 0.4) is 0 Å². The van der Waals surface area contributed by atoms with Gasteiger partial charge in [0.2, 0.25) is 5.91 Å². The van der Waals surface area contributed by atoms with Gasteiger partial charge in [0.1, 0.15) is 0 Å². The number of aromatic amines is 1. The standard InChI is InChI=1S/C16H25N5O3/c1-16(14-12(15(17)23)10-18-19-14)2-4-21(5-3-16)13(22)11-20-6-8-24-9-7-20/h10H,2-9,11H2,1H3,(H2,17,23)(H,18,19). The number of piperidine rings is 1. The highest BCUT2D eigenvalue weighted by Crippen LogP contribution is 2.35. The van der Waals surface area contributed by atoms with Crippen LogP contribution >= 0.6 is 0 Å². The first-order valence-corrected chi connectivity index (χ1v) is 8.41. The van der Waals surface area contributed by atoms with E-state index in [9.17, 15) is 9.59 Å². The SMILES string of the molecule is CC1(c2[nH]ncc2C(N)=O)CCN(C(=O)CN2CCOCC2)CC1. The summed E-state index contributed by atoms with van der Waals surface area (Å²) in [6.45, 7) is 6.92. The maximum absolute atomic E-state index is 12.5. The maximum atomic E-state index is 12.5. The van der Waals surface area contributed by atoms with Gasteiger partial charge in [-0.2, -0.15) is 5.10 Å². The Labute approximate surface area is 141 Å². The third-order valence-electron chi connectivity index (χ3n) is 5.19. The predicted octanol–water partition coefficient (Wildman–Crippen LogP) is -0.279. The molecular formula is C16H25N5O3. The van der Waals surface area contributed by atoms with Crippen LogP contribution in [0, 0.1) is 0 Å². The number of nitrogens with two attached hydrogens (primary N) is 1. The number of hydrogen-bond acceptors (Lipinski definition) is 5. The van der Waals surface area contributed by atoms with Crippen molar-refractivity contribution >= 4 is 11.8 Å². The molecule has 0 atom stereocenters. The summed E-state index contributed by atoms with van der Waals surface area (Å²) < 4.78 is 5.31. The number of carbonyl (C=O) groups excluding carboxylic acids is 2. The molecule has 3 heterocycles.